The van der Waals surface area contributed by atoms with Crippen LogP contribution in [0.5, 0.6) is 5.75 Å². The molecule has 0 radical (unpaired) electrons. The van der Waals surface area contributed by atoms with Crippen LogP contribution in [0.1, 0.15) is 55.1 Å². The summed E-state index contributed by atoms with van der Waals surface area (Å²) in [5, 5.41) is 22.5. The van der Waals surface area contributed by atoms with Crippen LogP contribution in [0, 0.1) is 0 Å². The fourth-order valence-electron chi connectivity index (χ4n) is 4.73. The van der Waals surface area contributed by atoms with Gasteiger partial charge in [-0.1, -0.05) is 43.3 Å². The van der Waals surface area contributed by atoms with Gasteiger partial charge in [0.05, 0.1) is 17.3 Å². The number of piperidine rings is 1. The normalized spacial score (nSPS) is 16.1. The molecule has 2 atom stereocenters. The van der Waals surface area contributed by atoms with E-state index in [2.05, 4.69) is 21.3 Å². The van der Waals surface area contributed by atoms with Crippen molar-refractivity contribution in [1.82, 2.24) is 15.5 Å². The van der Waals surface area contributed by atoms with E-state index in [9.17, 15) is 24.3 Å². The molecule has 1 aliphatic rings. The van der Waals surface area contributed by atoms with Gasteiger partial charge in [-0.3, -0.25) is 14.4 Å². The largest absolute Gasteiger partial charge is 0.505 e. The van der Waals surface area contributed by atoms with E-state index in [0.717, 1.165) is 12.0 Å². The zero-order valence-electron chi connectivity index (χ0n) is 21.5. The van der Waals surface area contributed by atoms with Crippen molar-refractivity contribution >= 4 is 29.0 Å². The van der Waals surface area contributed by atoms with Gasteiger partial charge in [-0.25, -0.2) is 4.79 Å². The van der Waals surface area contributed by atoms with E-state index in [4.69, 9.17) is 0 Å². The monoisotopic (exact) mass is 519 g/mol. The number of phenols is 1. The summed E-state index contributed by atoms with van der Waals surface area (Å²) in [6.45, 7) is 5.11. The number of carbonyl (C=O) groups is 2. The number of phenolic OH excluding ortho intramolecular Hbond substituents is 1. The van der Waals surface area contributed by atoms with E-state index >= 15 is 0 Å². The van der Waals surface area contributed by atoms with Crippen LogP contribution in [-0.2, 0) is 0 Å². The smallest absolute Gasteiger partial charge is 0.315 e. The van der Waals surface area contributed by atoms with Crippen molar-refractivity contribution in [3.8, 4) is 5.75 Å². The van der Waals surface area contributed by atoms with Gasteiger partial charge in [0.1, 0.15) is 11.4 Å². The van der Waals surface area contributed by atoms with E-state index in [1.807, 2.05) is 44.2 Å². The number of urea groups is 1. The Bertz CT molecular complexity index is 1370. The van der Waals surface area contributed by atoms with Gasteiger partial charge in [-0.15, -0.1) is 0 Å². The molecule has 200 valence electrons. The Labute approximate surface area is 220 Å². The molecule has 0 saturated carbocycles. The molecule has 10 nitrogen and oxygen atoms in total. The lowest BCUT2D eigenvalue weighted by Crippen LogP contribution is -2.51. The molecular formula is C28H33N5O5. The van der Waals surface area contributed by atoms with Crippen LogP contribution >= 0.6 is 0 Å². The third kappa shape index (κ3) is 5.64. The Balaban J connectivity index is 1.51. The predicted molar refractivity (Wildman–Crippen MR) is 147 cm³/mol. The lowest BCUT2D eigenvalue weighted by molar-refractivity contribution is 0.0694. The first-order valence-corrected chi connectivity index (χ1v) is 12.9. The second-order valence-electron chi connectivity index (χ2n) is 9.34. The van der Waals surface area contributed by atoms with Gasteiger partial charge in [-0.2, -0.15) is 0 Å². The van der Waals surface area contributed by atoms with Crippen molar-refractivity contribution in [1.29, 1.82) is 0 Å². The van der Waals surface area contributed by atoms with Crippen molar-refractivity contribution in [2.45, 2.75) is 45.2 Å². The standard InChI is InChI=1S/C28H33N5O5/c1-3-20(17-10-6-5-7-11-17)31-22-23(26(36)25(22)35)32-21-14-8-13-19(24(21)34)27(37)33-15-9-12-18(16-33)30-28(38)29-4-2/h5-8,10-11,13-14,18,20,31-32,34H,3-4,9,12,15-16H2,1-2H3,(H2,29,30,38)/t18?,20-/m1/s1. The summed E-state index contributed by atoms with van der Waals surface area (Å²) in [4.78, 5) is 51.6. The molecule has 0 spiro atoms. The van der Waals surface area contributed by atoms with Gasteiger partial charge >= 0.3 is 6.03 Å². The highest BCUT2D eigenvalue weighted by molar-refractivity contribution is 5.99. The summed E-state index contributed by atoms with van der Waals surface area (Å²) in [6, 6.07) is 13.6. The minimum absolute atomic E-state index is 0.0495. The zero-order valence-corrected chi connectivity index (χ0v) is 21.5. The van der Waals surface area contributed by atoms with E-state index in [0.29, 0.717) is 32.5 Å². The summed E-state index contributed by atoms with van der Waals surface area (Å²) >= 11 is 0. The van der Waals surface area contributed by atoms with E-state index in [1.165, 1.54) is 12.1 Å². The first kappa shape index (κ1) is 26.7. The number of hydrogen-bond acceptors (Lipinski definition) is 7. The van der Waals surface area contributed by atoms with Gasteiger partial charge in [0.2, 0.25) is 0 Å². The lowest BCUT2D eigenvalue weighted by atomic mass is 10.0. The van der Waals surface area contributed by atoms with Gasteiger partial charge in [-0.05, 0) is 43.9 Å². The fourth-order valence-corrected chi connectivity index (χ4v) is 4.73. The molecule has 38 heavy (non-hydrogen) atoms. The van der Waals surface area contributed by atoms with Gasteiger partial charge < -0.3 is 31.3 Å². The van der Waals surface area contributed by atoms with Crippen LogP contribution < -0.4 is 32.1 Å². The summed E-state index contributed by atoms with van der Waals surface area (Å²) in [5.41, 5.74) is 0.0660. The third-order valence-electron chi connectivity index (χ3n) is 6.75. The number of anilines is 3. The number of nitrogens with zero attached hydrogens (tertiary/aromatic N) is 1. The number of amides is 3. The highest BCUT2D eigenvalue weighted by atomic mass is 16.3. The molecule has 1 aliphatic heterocycles. The number of rotatable bonds is 9. The van der Waals surface area contributed by atoms with Crippen LogP contribution in [0.25, 0.3) is 0 Å². The van der Waals surface area contributed by atoms with Crippen LogP contribution in [0.2, 0.25) is 0 Å². The van der Waals surface area contributed by atoms with Crippen molar-refractivity contribution < 1.29 is 14.7 Å². The molecular weight excluding hydrogens is 486 g/mol. The maximum atomic E-state index is 13.3. The summed E-state index contributed by atoms with van der Waals surface area (Å²) in [6.07, 6.45) is 2.14. The van der Waals surface area contributed by atoms with Crippen LogP contribution in [0.4, 0.5) is 21.9 Å². The Hall–Kier alpha value is -4.34. The average Bonchev–Trinajstić information content (AvgIpc) is 2.93. The molecule has 0 aliphatic carbocycles. The Morgan fingerprint density at radius 1 is 1.03 bits per heavy atom. The van der Waals surface area contributed by atoms with Crippen LogP contribution in [0.3, 0.4) is 0 Å². The van der Waals surface area contributed by atoms with E-state index < -0.39 is 10.9 Å². The number of hydrogen-bond donors (Lipinski definition) is 5. The van der Waals surface area contributed by atoms with Gasteiger partial charge in [0, 0.05) is 25.7 Å². The van der Waals surface area contributed by atoms with E-state index in [-0.39, 0.29) is 52.4 Å². The maximum absolute atomic E-state index is 13.3. The summed E-state index contributed by atoms with van der Waals surface area (Å²) in [7, 11) is 0. The van der Waals surface area contributed by atoms with E-state index in [1.54, 1.807) is 11.0 Å². The average molecular weight is 520 g/mol. The molecule has 1 unspecified atom stereocenters. The second kappa shape index (κ2) is 11.8. The molecule has 1 heterocycles. The summed E-state index contributed by atoms with van der Waals surface area (Å²) < 4.78 is 0. The predicted octanol–water partition coefficient (Wildman–Crippen LogP) is 3.22. The quantitative estimate of drug-likeness (QED) is 0.216. The molecule has 3 amide bonds. The Kier molecular flexibility index (Phi) is 8.30. The molecule has 3 aromatic carbocycles. The minimum Gasteiger partial charge on any atom is -0.505 e. The van der Waals surface area contributed by atoms with Gasteiger partial charge in [0.25, 0.3) is 16.8 Å². The highest BCUT2D eigenvalue weighted by Gasteiger charge is 2.29. The lowest BCUT2D eigenvalue weighted by Gasteiger charge is -2.33. The number of aromatic hydroxyl groups is 1. The highest BCUT2D eigenvalue weighted by Crippen LogP contribution is 2.33. The van der Waals surface area contributed by atoms with Crippen molar-refractivity contribution in [3.05, 3.63) is 80.1 Å². The van der Waals surface area contributed by atoms with Crippen LogP contribution in [0.15, 0.2) is 58.1 Å². The zero-order chi connectivity index (χ0) is 27.2. The number of para-hydroxylation sites is 1. The molecule has 3 aromatic rings. The van der Waals surface area contributed by atoms with Gasteiger partial charge in [0.15, 0.2) is 5.75 Å². The third-order valence-corrected chi connectivity index (χ3v) is 6.75. The molecule has 10 heteroatoms. The second-order valence-corrected chi connectivity index (χ2v) is 9.34. The van der Waals surface area contributed by atoms with Crippen molar-refractivity contribution in [2.24, 2.45) is 0 Å². The first-order chi connectivity index (χ1) is 18.3. The summed E-state index contributed by atoms with van der Waals surface area (Å²) in [5.74, 6) is -0.697. The number of benzene rings is 2. The molecule has 1 saturated heterocycles. The van der Waals surface area contributed by atoms with Crippen molar-refractivity contribution in [2.75, 3.05) is 30.3 Å². The molecule has 4 rings (SSSR count). The first-order valence-electron chi connectivity index (χ1n) is 12.9. The molecule has 0 aromatic heterocycles. The number of likely N-dealkylation sites (tertiary alicyclic amines) is 1. The minimum atomic E-state index is -0.693. The number of carbonyl (C=O) groups excluding carboxylic acids is 2. The Morgan fingerprint density at radius 2 is 1.76 bits per heavy atom. The molecule has 0 bridgehead atoms. The van der Waals surface area contributed by atoms with Crippen molar-refractivity contribution in [3.63, 3.8) is 0 Å². The molecule has 1 fully saturated rings. The molecule has 5 N–H and O–H groups in total. The van der Waals surface area contributed by atoms with Crippen LogP contribution in [-0.4, -0.2) is 47.6 Å². The Morgan fingerprint density at radius 3 is 2.47 bits per heavy atom. The fraction of sp³-hybridized carbons (Fsp3) is 0.357. The maximum Gasteiger partial charge on any atom is 0.315 e. The number of nitrogens with one attached hydrogen (secondary N) is 4. The topological polar surface area (TPSA) is 140 Å². The SMILES string of the molecule is CCNC(=O)NC1CCCN(C(=O)c2cccc(Nc3c(N[C@H](CC)c4ccccc4)c(=O)c3=O)c2O)C1.